The molecule has 2 rings (SSSR count). The van der Waals surface area contributed by atoms with Crippen molar-refractivity contribution in [1.29, 1.82) is 0 Å². The molecule has 5 heteroatoms. The molecule has 0 aliphatic carbocycles. The minimum atomic E-state index is 0.714. The highest BCUT2D eigenvalue weighted by Gasteiger charge is 2.21. The molecule has 0 bridgehead atoms. The molecule has 1 unspecified atom stereocenters. The minimum absolute atomic E-state index is 0.714. The fourth-order valence-corrected chi connectivity index (χ4v) is 3.06. The van der Waals surface area contributed by atoms with Crippen molar-refractivity contribution in [3.8, 4) is 0 Å². The zero-order valence-electron chi connectivity index (χ0n) is 11.4. The van der Waals surface area contributed by atoms with Gasteiger partial charge >= 0.3 is 0 Å². The van der Waals surface area contributed by atoms with E-state index >= 15 is 0 Å². The molecule has 0 spiro atoms. The van der Waals surface area contributed by atoms with E-state index < -0.39 is 0 Å². The van der Waals surface area contributed by atoms with Crippen molar-refractivity contribution in [2.45, 2.75) is 12.8 Å². The first-order chi connectivity index (χ1) is 9.31. The number of ether oxygens (including phenoxy) is 1. The molecule has 19 heavy (non-hydrogen) atoms. The number of hydrogen-bond acceptors (Lipinski definition) is 4. The molecule has 0 saturated carbocycles. The quantitative estimate of drug-likeness (QED) is 0.813. The van der Waals surface area contributed by atoms with Gasteiger partial charge in [-0.25, -0.2) is 0 Å². The number of anilines is 1. The molecule has 1 fully saturated rings. The van der Waals surface area contributed by atoms with Crippen LogP contribution in [0.2, 0.25) is 0 Å². The van der Waals surface area contributed by atoms with Gasteiger partial charge in [0.2, 0.25) is 0 Å². The smallest absolute Gasteiger partial charge is 0.0592 e. The number of halogens is 1. The molecule has 0 amide bonds. The van der Waals surface area contributed by atoms with Crippen LogP contribution in [0.25, 0.3) is 0 Å². The van der Waals surface area contributed by atoms with E-state index in [9.17, 15) is 0 Å². The van der Waals surface area contributed by atoms with Gasteiger partial charge in [0.05, 0.1) is 16.8 Å². The van der Waals surface area contributed by atoms with E-state index in [0.717, 1.165) is 37.3 Å². The number of nitrogens with one attached hydrogen (secondary N) is 1. The molecule has 1 atom stereocenters. The third-order valence-electron chi connectivity index (χ3n) is 3.53. The average molecular weight is 328 g/mol. The molecule has 4 nitrogen and oxygen atoms in total. The van der Waals surface area contributed by atoms with Gasteiger partial charge in [-0.1, -0.05) is 0 Å². The van der Waals surface area contributed by atoms with E-state index in [-0.39, 0.29) is 0 Å². The van der Waals surface area contributed by atoms with Crippen LogP contribution < -0.4 is 10.2 Å². The van der Waals surface area contributed by atoms with Gasteiger partial charge in [-0.3, -0.25) is 4.98 Å². The monoisotopic (exact) mass is 327 g/mol. The average Bonchev–Trinajstić information content (AvgIpc) is 2.44. The van der Waals surface area contributed by atoms with Crippen LogP contribution in [0.3, 0.4) is 0 Å². The molecule has 0 aromatic carbocycles. The Labute approximate surface area is 123 Å². The number of hydrogen-bond donors (Lipinski definition) is 1. The molecule has 1 aliphatic heterocycles. The summed E-state index contributed by atoms with van der Waals surface area (Å²) in [6, 6.07) is 2.09. The molecular formula is C14H22BrN3O. The van der Waals surface area contributed by atoms with Gasteiger partial charge in [0.15, 0.2) is 0 Å². The Morgan fingerprint density at radius 3 is 3.26 bits per heavy atom. The third-order valence-corrected chi connectivity index (χ3v) is 4.14. The van der Waals surface area contributed by atoms with E-state index in [0.29, 0.717) is 5.92 Å². The Morgan fingerprint density at radius 2 is 2.47 bits per heavy atom. The zero-order chi connectivity index (χ0) is 13.5. The van der Waals surface area contributed by atoms with Crippen LogP contribution in [0.4, 0.5) is 5.69 Å². The predicted octanol–water partition coefficient (Wildman–Crippen LogP) is 2.30. The van der Waals surface area contributed by atoms with Gasteiger partial charge in [-0.05, 0) is 47.3 Å². The summed E-state index contributed by atoms with van der Waals surface area (Å²) in [6.45, 7) is 5.04. The van der Waals surface area contributed by atoms with Crippen LogP contribution in [0.5, 0.6) is 0 Å². The van der Waals surface area contributed by atoms with Gasteiger partial charge in [-0.15, -0.1) is 0 Å². The van der Waals surface area contributed by atoms with Crippen LogP contribution in [0.1, 0.15) is 12.8 Å². The number of methoxy groups -OCH3 is 1. The van der Waals surface area contributed by atoms with Crippen molar-refractivity contribution in [3.05, 3.63) is 22.9 Å². The second kappa shape index (κ2) is 7.82. The van der Waals surface area contributed by atoms with E-state index in [1.54, 1.807) is 7.11 Å². The summed E-state index contributed by atoms with van der Waals surface area (Å²) in [5.74, 6) is 0.714. The van der Waals surface area contributed by atoms with Gasteiger partial charge in [-0.2, -0.15) is 0 Å². The van der Waals surface area contributed by atoms with E-state index in [4.69, 9.17) is 4.74 Å². The second-order valence-electron chi connectivity index (χ2n) is 4.98. The lowest BCUT2D eigenvalue weighted by atomic mass is 9.97. The summed E-state index contributed by atoms with van der Waals surface area (Å²) in [4.78, 5) is 6.59. The maximum absolute atomic E-state index is 5.05. The number of rotatable bonds is 6. The maximum Gasteiger partial charge on any atom is 0.0592 e. The molecule has 1 saturated heterocycles. The highest BCUT2D eigenvalue weighted by atomic mass is 79.9. The van der Waals surface area contributed by atoms with E-state index in [2.05, 4.69) is 37.2 Å². The topological polar surface area (TPSA) is 37.4 Å². The standard InChI is InChI=1S/C14H22BrN3O/c1-19-8-6-17-9-12-3-2-7-18(11-12)14-4-5-16-10-13(14)15/h4-5,10,12,17H,2-3,6-9,11H2,1H3. The van der Waals surface area contributed by atoms with Gasteiger partial charge < -0.3 is 15.0 Å². The van der Waals surface area contributed by atoms with Crippen LogP contribution in [-0.4, -0.2) is 44.9 Å². The molecule has 0 radical (unpaired) electrons. The Kier molecular flexibility index (Phi) is 6.07. The molecular weight excluding hydrogens is 306 g/mol. The number of aromatic nitrogens is 1. The van der Waals surface area contributed by atoms with Gasteiger partial charge in [0.1, 0.15) is 0 Å². The largest absolute Gasteiger partial charge is 0.383 e. The molecule has 1 aromatic rings. The zero-order valence-corrected chi connectivity index (χ0v) is 13.0. The molecule has 1 N–H and O–H groups in total. The van der Waals surface area contributed by atoms with E-state index in [1.807, 2.05) is 12.4 Å². The van der Waals surface area contributed by atoms with Crippen molar-refractivity contribution in [2.24, 2.45) is 5.92 Å². The number of nitrogens with zero attached hydrogens (tertiary/aromatic N) is 2. The number of piperidine rings is 1. The highest BCUT2D eigenvalue weighted by molar-refractivity contribution is 9.10. The second-order valence-corrected chi connectivity index (χ2v) is 5.83. The molecule has 1 aromatic heterocycles. The SMILES string of the molecule is COCCNCC1CCCN(c2ccncc2Br)C1. The van der Waals surface area contributed by atoms with Crippen LogP contribution in [0, 0.1) is 5.92 Å². The van der Waals surface area contributed by atoms with Crippen LogP contribution in [-0.2, 0) is 4.74 Å². The summed E-state index contributed by atoms with van der Waals surface area (Å²) in [7, 11) is 1.74. The summed E-state index contributed by atoms with van der Waals surface area (Å²) in [5, 5.41) is 3.47. The lowest BCUT2D eigenvalue weighted by Crippen LogP contribution is -2.40. The first-order valence-electron chi connectivity index (χ1n) is 6.85. The van der Waals surface area contributed by atoms with Crippen LogP contribution >= 0.6 is 15.9 Å². The normalized spacial score (nSPS) is 19.7. The van der Waals surface area contributed by atoms with Crippen molar-refractivity contribution < 1.29 is 4.74 Å². The fourth-order valence-electron chi connectivity index (χ4n) is 2.56. The Hall–Kier alpha value is -0.650. The molecule has 2 heterocycles. The summed E-state index contributed by atoms with van der Waals surface area (Å²) >= 11 is 3.59. The number of pyridine rings is 1. The van der Waals surface area contributed by atoms with Crippen molar-refractivity contribution in [1.82, 2.24) is 10.3 Å². The summed E-state index contributed by atoms with van der Waals surface area (Å²) < 4.78 is 6.14. The lowest BCUT2D eigenvalue weighted by Gasteiger charge is -2.35. The summed E-state index contributed by atoms with van der Waals surface area (Å²) in [6.07, 6.45) is 6.29. The molecule has 106 valence electrons. The highest BCUT2D eigenvalue weighted by Crippen LogP contribution is 2.28. The van der Waals surface area contributed by atoms with Crippen molar-refractivity contribution in [3.63, 3.8) is 0 Å². The first kappa shape index (κ1) is 14.8. The maximum atomic E-state index is 5.05. The minimum Gasteiger partial charge on any atom is -0.383 e. The third kappa shape index (κ3) is 4.44. The summed E-state index contributed by atoms with van der Waals surface area (Å²) in [5.41, 5.74) is 1.26. The fraction of sp³-hybridized carbons (Fsp3) is 0.643. The Balaban J connectivity index is 1.85. The molecule has 1 aliphatic rings. The Bertz CT molecular complexity index is 389. The van der Waals surface area contributed by atoms with Gasteiger partial charge in [0, 0.05) is 39.1 Å². The van der Waals surface area contributed by atoms with Crippen molar-refractivity contribution >= 4 is 21.6 Å². The van der Waals surface area contributed by atoms with Crippen molar-refractivity contribution in [2.75, 3.05) is 44.8 Å². The Morgan fingerprint density at radius 1 is 1.58 bits per heavy atom. The first-order valence-corrected chi connectivity index (χ1v) is 7.64. The van der Waals surface area contributed by atoms with Gasteiger partial charge in [0.25, 0.3) is 0 Å². The lowest BCUT2D eigenvalue weighted by molar-refractivity contribution is 0.197. The predicted molar refractivity (Wildman–Crippen MR) is 81.6 cm³/mol. The van der Waals surface area contributed by atoms with Crippen LogP contribution in [0.15, 0.2) is 22.9 Å². The van der Waals surface area contributed by atoms with E-state index in [1.165, 1.54) is 18.5 Å².